The molecule has 2 rings (SSSR count). The smallest absolute Gasteiger partial charge is 0.127 e. The van der Waals surface area contributed by atoms with E-state index in [1.165, 1.54) is 18.9 Å². The fraction of sp³-hybridized carbons (Fsp3) is 0.400. The van der Waals surface area contributed by atoms with E-state index in [1.807, 2.05) is 6.07 Å². The van der Waals surface area contributed by atoms with Crippen molar-refractivity contribution >= 4 is 0 Å². The number of methoxy groups -OCH3 is 1. The lowest BCUT2D eigenvalue weighted by molar-refractivity contribution is 0.410. The molecule has 64 valence electrons. The molecule has 12 heavy (non-hydrogen) atoms. The largest absolute Gasteiger partial charge is 0.497 e. The first-order valence-corrected chi connectivity index (χ1v) is 4.14. The highest BCUT2D eigenvalue weighted by Crippen LogP contribution is 2.41. The quantitative estimate of drug-likeness (QED) is 0.656. The summed E-state index contributed by atoms with van der Waals surface area (Å²) in [7, 11) is 1.56. The third-order valence-corrected chi connectivity index (χ3v) is 2.18. The van der Waals surface area contributed by atoms with E-state index >= 15 is 0 Å². The topological polar surface area (TPSA) is 9.23 Å². The van der Waals surface area contributed by atoms with E-state index in [9.17, 15) is 4.39 Å². The average Bonchev–Trinajstić information content (AvgIpc) is 2.85. The number of hydrogen-bond acceptors (Lipinski definition) is 1. The molecule has 0 bridgehead atoms. The summed E-state index contributed by atoms with van der Waals surface area (Å²) >= 11 is 0. The van der Waals surface area contributed by atoms with Gasteiger partial charge in [0.2, 0.25) is 0 Å². The summed E-state index contributed by atoms with van der Waals surface area (Å²) in [6, 6.07) is 4.92. The van der Waals surface area contributed by atoms with Crippen LogP contribution in [0.4, 0.5) is 4.39 Å². The van der Waals surface area contributed by atoms with E-state index in [0.29, 0.717) is 11.7 Å². The Morgan fingerprint density at radius 2 is 2.08 bits per heavy atom. The Bertz CT molecular complexity index is 292. The molecule has 0 aliphatic heterocycles. The van der Waals surface area contributed by atoms with Crippen molar-refractivity contribution in [1.29, 1.82) is 0 Å². The zero-order valence-corrected chi connectivity index (χ0v) is 7.01. The maximum Gasteiger partial charge on any atom is 0.127 e. The van der Waals surface area contributed by atoms with Crippen LogP contribution >= 0.6 is 0 Å². The van der Waals surface area contributed by atoms with Crippen LogP contribution in [0.2, 0.25) is 0 Å². The number of rotatable bonds is 2. The van der Waals surface area contributed by atoms with Gasteiger partial charge in [-0.2, -0.15) is 0 Å². The molecule has 2 heteroatoms. The zero-order chi connectivity index (χ0) is 8.55. The highest BCUT2D eigenvalue weighted by Gasteiger charge is 2.24. The SMILES string of the molecule is COc1cc(F)cc(C2CC2)c1. The van der Waals surface area contributed by atoms with Gasteiger partial charge in [0.25, 0.3) is 0 Å². The first-order chi connectivity index (χ1) is 5.79. The molecular formula is C10H11FO. The first-order valence-electron chi connectivity index (χ1n) is 4.14. The van der Waals surface area contributed by atoms with E-state index in [-0.39, 0.29) is 5.82 Å². The summed E-state index contributed by atoms with van der Waals surface area (Å²) in [5.74, 6) is 1.00. The Hall–Kier alpha value is -1.05. The summed E-state index contributed by atoms with van der Waals surface area (Å²) in [6.45, 7) is 0. The van der Waals surface area contributed by atoms with Gasteiger partial charge in [0.15, 0.2) is 0 Å². The highest BCUT2D eigenvalue weighted by atomic mass is 19.1. The molecule has 1 nitrogen and oxygen atoms in total. The third-order valence-electron chi connectivity index (χ3n) is 2.18. The molecule has 0 unspecified atom stereocenters. The molecule has 0 amide bonds. The average molecular weight is 166 g/mol. The first kappa shape index (κ1) is 7.59. The van der Waals surface area contributed by atoms with Crippen LogP contribution in [0, 0.1) is 5.82 Å². The van der Waals surface area contributed by atoms with Gasteiger partial charge < -0.3 is 4.74 Å². The minimum atomic E-state index is -0.198. The number of ether oxygens (including phenoxy) is 1. The van der Waals surface area contributed by atoms with Crippen LogP contribution in [0.25, 0.3) is 0 Å². The molecule has 1 saturated carbocycles. The summed E-state index contributed by atoms with van der Waals surface area (Å²) < 4.78 is 17.9. The van der Waals surface area contributed by atoms with Gasteiger partial charge in [0.1, 0.15) is 11.6 Å². The van der Waals surface area contributed by atoms with Crippen molar-refractivity contribution in [2.24, 2.45) is 0 Å². The molecule has 1 aromatic rings. The van der Waals surface area contributed by atoms with Crippen LogP contribution < -0.4 is 4.74 Å². The van der Waals surface area contributed by atoms with Crippen molar-refractivity contribution < 1.29 is 9.13 Å². The van der Waals surface area contributed by atoms with E-state index in [2.05, 4.69) is 0 Å². The molecule has 0 N–H and O–H groups in total. The molecule has 1 aromatic carbocycles. The lowest BCUT2D eigenvalue weighted by atomic mass is 10.1. The predicted molar refractivity (Wildman–Crippen MR) is 44.9 cm³/mol. The Balaban J connectivity index is 2.34. The standard InChI is InChI=1S/C10H11FO/c1-12-10-5-8(7-2-3-7)4-9(11)6-10/h4-7H,2-3H2,1H3. The second-order valence-corrected chi connectivity index (χ2v) is 3.20. The van der Waals surface area contributed by atoms with E-state index < -0.39 is 0 Å². The lowest BCUT2D eigenvalue weighted by Crippen LogP contribution is -1.87. The predicted octanol–water partition coefficient (Wildman–Crippen LogP) is 2.71. The monoisotopic (exact) mass is 166 g/mol. The lowest BCUT2D eigenvalue weighted by Gasteiger charge is -2.03. The van der Waals surface area contributed by atoms with Gasteiger partial charge in [0.05, 0.1) is 7.11 Å². The minimum absolute atomic E-state index is 0.198. The van der Waals surface area contributed by atoms with Crippen LogP contribution in [-0.4, -0.2) is 7.11 Å². The van der Waals surface area contributed by atoms with Crippen molar-refractivity contribution in [1.82, 2.24) is 0 Å². The van der Waals surface area contributed by atoms with Gasteiger partial charge in [-0.25, -0.2) is 4.39 Å². The van der Waals surface area contributed by atoms with E-state index in [1.54, 1.807) is 13.2 Å². The Labute approximate surface area is 71.2 Å². The Morgan fingerprint density at radius 1 is 1.33 bits per heavy atom. The molecular weight excluding hydrogens is 155 g/mol. The van der Waals surface area contributed by atoms with Gasteiger partial charge in [-0.05, 0) is 36.5 Å². The van der Waals surface area contributed by atoms with Crippen molar-refractivity contribution in [2.75, 3.05) is 7.11 Å². The van der Waals surface area contributed by atoms with Gasteiger partial charge in [-0.15, -0.1) is 0 Å². The van der Waals surface area contributed by atoms with E-state index in [4.69, 9.17) is 4.74 Å². The zero-order valence-electron chi connectivity index (χ0n) is 7.01. The summed E-state index contributed by atoms with van der Waals surface area (Å²) in [5, 5.41) is 0. The summed E-state index contributed by atoms with van der Waals surface area (Å²) in [6.07, 6.45) is 2.37. The van der Waals surface area contributed by atoms with E-state index in [0.717, 1.165) is 5.56 Å². The van der Waals surface area contributed by atoms with Crippen molar-refractivity contribution in [3.05, 3.63) is 29.6 Å². The number of halogens is 1. The molecule has 0 saturated heterocycles. The fourth-order valence-corrected chi connectivity index (χ4v) is 1.35. The number of benzene rings is 1. The Kier molecular flexibility index (Phi) is 1.75. The Morgan fingerprint density at radius 3 is 2.67 bits per heavy atom. The van der Waals surface area contributed by atoms with Gasteiger partial charge >= 0.3 is 0 Å². The van der Waals surface area contributed by atoms with Gasteiger partial charge in [0, 0.05) is 6.07 Å². The molecule has 0 heterocycles. The number of hydrogen-bond donors (Lipinski definition) is 0. The van der Waals surface area contributed by atoms with Gasteiger partial charge in [-0.3, -0.25) is 0 Å². The van der Waals surface area contributed by atoms with Gasteiger partial charge in [-0.1, -0.05) is 0 Å². The second-order valence-electron chi connectivity index (χ2n) is 3.20. The minimum Gasteiger partial charge on any atom is -0.497 e. The summed E-state index contributed by atoms with van der Waals surface area (Å²) in [5.41, 5.74) is 1.08. The van der Waals surface area contributed by atoms with Crippen LogP contribution in [0.1, 0.15) is 24.3 Å². The maximum absolute atomic E-state index is 12.9. The maximum atomic E-state index is 12.9. The van der Waals surface area contributed by atoms with Crippen LogP contribution in [-0.2, 0) is 0 Å². The van der Waals surface area contributed by atoms with Crippen molar-refractivity contribution in [3.8, 4) is 5.75 Å². The molecule has 1 aliphatic rings. The fourth-order valence-electron chi connectivity index (χ4n) is 1.35. The molecule has 1 aliphatic carbocycles. The second kappa shape index (κ2) is 2.77. The molecule has 0 radical (unpaired) electrons. The van der Waals surface area contributed by atoms with Crippen molar-refractivity contribution in [2.45, 2.75) is 18.8 Å². The highest BCUT2D eigenvalue weighted by molar-refractivity contribution is 5.33. The van der Waals surface area contributed by atoms with Crippen LogP contribution in [0.3, 0.4) is 0 Å². The van der Waals surface area contributed by atoms with Crippen LogP contribution in [0.15, 0.2) is 18.2 Å². The molecule has 0 spiro atoms. The molecule has 0 atom stereocenters. The molecule has 0 aromatic heterocycles. The summed E-state index contributed by atoms with van der Waals surface area (Å²) in [4.78, 5) is 0. The normalized spacial score (nSPS) is 16.2. The van der Waals surface area contributed by atoms with Crippen LogP contribution in [0.5, 0.6) is 5.75 Å². The molecule has 1 fully saturated rings. The van der Waals surface area contributed by atoms with Crippen molar-refractivity contribution in [3.63, 3.8) is 0 Å². The third kappa shape index (κ3) is 1.42.